The van der Waals surface area contributed by atoms with E-state index in [1.807, 2.05) is 36.4 Å². The van der Waals surface area contributed by atoms with E-state index in [1.54, 1.807) is 0 Å². The van der Waals surface area contributed by atoms with Gasteiger partial charge in [0.25, 0.3) is 0 Å². The molecule has 9 aromatic carbocycles. The predicted molar refractivity (Wildman–Crippen MR) is 265 cm³/mol. The zero-order chi connectivity index (χ0) is 43.9. The van der Waals surface area contributed by atoms with Crippen molar-refractivity contribution >= 4 is 57.0 Å². The number of ketones is 1. The van der Waals surface area contributed by atoms with E-state index in [0.717, 1.165) is 96.1 Å². The number of anilines is 9. The molecule has 12 rings (SSSR count). The van der Waals surface area contributed by atoms with Crippen molar-refractivity contribution in [2.75, 3.05) is 14.7 Å². The van der Waals surface area contributed by atoms with Crippen LogP contribution in [0, 0.1) is 0 Å². The highest BCUT2D eigenvalue weighted by Gasteiger charge is 2.51. The second-order valence-electron chi connectivity index (χ2n) is 18.1. The number of carbonyl (C=O) groups excluding carboxylic acids is 1. The Bertz CT molecular complexity index is 3180. The maximum Gasteiger partial charge on any atom is 0.193 e. The average molecular weight is 840 g/mol. The molecule has 3 aliphatic rings. The predicted octanol–water partition coefficient (Wildman–Crippen LogP) is 15.7. The molecule has 0 aromatic heterocycles. The summed E-state index contributed by atoms with van der Waals surface area (Å²) in [6.45, 7) is 6.71. The van der Waals surface area contributed by atoms with Crippen LogP contribution in [0.1, 0.15) is 64.5 Å². The largest absolute Gasteiger partial charge is 0.453 e. The number of benzene rings is 9. The lowest BCUT2D eigenvalue weighted by molar-refractivity contribution is 0.103. The van der Waals surface area contributed by atoms with Crippen LogP contribution in [0.5, 0.6) is 11.5 Å². The van der Waals surface area contributed by atoms with E-state index in [0.29, 0.717) is 0 Å². The highest BCUT2D eigenvalue weighted by atomic mass is 16.5. The van der Waals surface area contributed by atoms with Gasteiger partial charge in [0.1, 0.15) is 0 Å². The lowest BCUT2D eigenvalue weighted by Gasteiger charge is -2.48. The number of para-hydroxylation sites is 4. The van der Waals surface area contributed by atoms with Crippen molar-refractivity contribution in [2.24, 2.45) is 0 Å². The van der Waals surface area contributed by atoms with Gasteiger partial charge in [0.2, 0.25) is 0 Å². The third-order valence-corrected chi connectivity index (χ3v) is 13.4. The third kappa shape index (κ3) is 5.89. The number of hydrogen-bond donors (Lipinski definition) is 0. The molecule has 1 spiro atoms. The molecule has 0 unspecified atom stereocenters. The summed E-state index contributed by atoms with van der Waals surface area (Å²) >= 11 is 0. The van der Waals surface area contributed by atoms with Crippen molar-refractivity contribution in [3.05, 3.63) is 257 Å². The molecular weight excluding hydrogens is 795 g/mol. The Kier molecular flexibility index (Phi) is 8.72. The minimum Gasteiger partial charge on any atom is -0.453 e. The van der Waals surface area contributed by atoms with Crippen LogP contribution < -0.4 is 19.4 Å². The summed E-state index contributed by atoms with van der Waals surface area (Å²) in [6.07, 6.45) is 0. The maximum atomic E-state index is 14.2. The van der Waals surface area contributed by atoms with E-state index in [1.165, 1.54) is 5.56 Å². The molecule has 0 saturated heterocycles. The van der Waals surface area contributed by atoms with E-state index in [-0.39, 0.29) is 11.2 Å². The fourth-order valence-corrected chi connectivity index (χ4v) is 10.4. The molecule has 2 aliphatic heterocycles. The molecule has 0 fully saturated rings. The van der Waals surface area contributed by atoms with Gasteiger partial charge in [-0.2, -0.15) is 0 Å². The SMILES string of the molecule is CC(C)(C)c1ccc2c(c1)Oc1cc(N(c3ccccc3)c3ccccc3)ccc1N2c1ccc(N2c3ccccc3C3(c4ccccc4C(=O)c4ccccc43)c3ccccc32)cc1. The molecule has 0 amide bonds. The number of carbonyl (C=O) groups is 1. The first-order valence-corrected chi connectivity index (χ1v) is 22.3. The summed E-state index contributed by atoms with van der Waals surface area (Å²) in [7, 11) is 0. The van der Waals surface area contributed by atoms with Gasteiger partial charge in [-0.05, 0) is 118 Å². The highest BCUT2D eigenvalue weighted by molar-refractivity contribution is 6.14. The molecule has 312 valence electrons. The number of rotatable bonds is 5. The van der Waals surface area contributed by atoms with Crippen molar-refractivity contribution in [1.82, 2.24) is 0 Å². The first kappa shape index (κ1) is 38.5. The molecule has 0 saturated carbocycles. The quantitative estimate of drug-likeness (QED) is 0.173. The monoisotopic (exact) mass is 839 g/mol. The van der Waals surface area contributed by atoms with Crippen LogP contribution in [-0.4, -0.2) is 5.78 Å². The summed E-state index contributed by atoms with van der Waals surface area (Å²) in [6, 6.07) is 76.8. The number of ether oxygens (including phenoxy) is 1. The molecular formula is C60H45N3O2. The number of nitrogens with zero attached hydrogens (tertiary/aromatic N) is 3. The van der Waals surface area contributed by atoms with E-state index in [2.05, 4.69) is 217 Å². The van der Waals surface area contributed by atoms with Gasteiger partial charge in [0, 0.05) is 45.6 Å². The summed E-state index contributed by atoms with van der Waals surface area (Å²) < 4.78 is 6.94. The Labute approximate surface area is 380 Å². The van der Waals surface area contributed by atoms with Crippen molar-refractivity contribution < 1.29 is 9.53 Å². The van der Waals surface area contributed by atoms with Gasteiger partial charge in [0.05, 0.1) is 28.2 Å². The van der Waals surface area contributed by atoms with Crippen molar-refractivity contribution in [3.63, 3.8) is 0 Å². The minimum absolute atomic E-state index is 0.0663. The van der Waals surface area contributed by atoms with Gasteiger partial charge in [-0.1, -0.05) is 148 Å². The number of hydrogen-bond acceptors (Lipinski definition) is 5. The van der Waals surface area contributed by atoms with Crippen LogP contribution in [0.15, 0.2) is 218 Å². The second kappa shape index (κ2) is 14.7. The maximum absolute atomic E-state index is 14.2. The highest BCUT2D eigenvalue weighted by Crippen LogP contribution is 2.61. The average Bonchev–Trinajstić information content (AvgIpc) is 3.35. The molecule has 9 aromatic rings. The Hall–Kier alpha value is -8.15. The van der Waals surface area contributed by atoms with E-state index in [9.17, 15) is 4.79 Å². The Morgan fingerprint density at radius 3 is 1.37 bits per heavy atom. The smallest absolute Gasteiger partial charge is 0.193 e. The zero-order valence-corrected chi connectivity index (χ0v) is 36.4. The molecule has 0 atom stereocenters. The van der Waals surface area contributed by atoms with Gasteiger partial charge in [0.15, 0.2) is 17.3 Å². The number of fused-ring (bicyclic) bond motifs is 10. The van der Waals surface area contributed by atoms with Crippen LogP contribution in [0.4, 0.5) is 51.2 Å². The van der Waals surface area contributed by atoms with Crippen LogP contribution in [0.2, 0.25) is 0 Å². The minimum atomic E-state index is -0.701. The van der Waals surface area contributed by atoms with E-state index >= 15 is 0 Å². The van der Waals surface area contributed by atoms with Gasteiger partial charge < -0.3 is 19.4 Å². The van der Waals surface area contributed by atoms with Crippen LogP contribution in [-0.2, 0) is 10.8 Å². The van der Waals surface area contributed by atoms with Crippen LogP contribution in [0.3, 0.4) is 0 Å². The van der Waals surface area contributed by atoms with Crippen molar-refractivity contribution in [2.45, 2.75) is 31.6 Å². The fraction of sp³-hybridized carbons (Fsp3) is 0.0833. The zero-order valence-electron chi connectivity index (χ0n) is 36.4. The Balaban J connectivity index is 1.00. The van der Waals surface area contributed by atoms with Gasteiger partial charge in [-0.25, -0.2) is 0 Å². The molecule has 65 heavy (non-hydrogen) atoms. The first-order valence-electron chi connectivity index (χ1n) is 22.3. The molecule has 0 radical (unpaired) electrons. The fourth-order valence-electron chi connectivity index (χ4n) is 10.4. The van der Waals surface area contributed by atoms with Gasteiger partial charge in [-0.3, -0.25) is 4.79 Å². The Morgan fingerprint density at radius 1 is 0.415 bits per heavy atom. The van der Waals surface area contributed by atoms with Crippen molar-refractivity contribution in [1.29, 1.82) is 0 Å². The van der Waals surface area contributed by atoms with E-state index < -0.39 is 5.41 Å². The topological polar surface area (TPSA) is 36.0 Å². The lowest BCUT2D eigenvalue weighted by Crippen LogP contribution is -2.42. The molecule has 5 nitrogen and oxygen atoms in total. The molecule has 1 aliphatic carbocycles. The molecule has 2 heterocycles. The van der Waals surface area contributed by atoms with Crippen molar-refractivity contribution in [3.8, 4) is 11.5 Å². The second-order valence-corrected chi connectivity index (χ2v) is 18.1. The van der Waals surface area contributed by atoms with Crippen LogP contribution in [0.25, 0.3) is 0 Å². The van der Waals surface area contributed by atoms with Crippen LogP contribution >= 0.6 is 0 Å². The lowest BCUT2D eigenvalue weighted by atomic mass is 9.57. The standard InChI is InChI=1S/C60H45N3O2/c1-59(2,3)40-30-36-54-56(38-40)65-57-39-45(61(41-18-6-4-7-19-41)42-20-8-5-9-21-42)35-37-55(57)63(54)44-33-31-43(32-34-44)62-52-28-16-14-26-50(52)60(51-27-15-17-29-53(51)62)48-24-12-10-22-46(48)58(64)47-23-11-13-25-49(47)60/h4-39H,1-3H3. The summed E-state index contributed by atoms with van der Waals surface area (Å²) in [5, 5.41) is 0. The third-order valence-electron chi connectivity index (χ3n) is 13.4. The van der Waals surface area contributed by atoms with Gasteiger partial charge >= 0.3 is 0 Å². The normalized spacial score (nSPS) is 14.0. The molecule has 0 N–H and O–H groups in total. The molecule has 5 heteroatoms. The Morgan fingerprint density at radius 2 is 0.846 bits per heavy atom. The summed E-state index contributed by atoms with van der Waals surface area (Å²) in [4.78, 5) is 21.1. The first-order chi connectivity index (χ1) is 31.8. The summed E-state index contributed by atoms with van der Waals surface area (Å²) in [5.74, 6) is 1.65. The van der Waals surface area contributed by atoms with Gasteiger partial charge in [-0.15, -0.1) is 0 Å². The summed E-state index contributed by atoms with van der Waals surface area (Å²) in [5.41, 5.74) is 15.5. The molecule has 0 bridgehead atoms. The van der Waals surface area contributed by atoms with E-state index in [4.69, 9.17) is 4.74 Å².